The second-order valence-electron chi connectivity index (χ2n) is 4.81. The number of hydrogen-bond acceptors (Lipinski definition) is 6. The summed E-state index contributed by atoms with van der Waals surface area (Å²) in [5.41, 5.74) is 0.499. The number of halogens is 2. The van der Waals surface area contributed by atoms with Gasteiger partial charge in [0.25, 0.3) is 5.91 Å². The zero-order valence-corrected chi connectivity index (χ0v) is 14.9. The average molecular weight is 415 g/mol. The molecule has 1 aliphatic rings. The molecule has 1 aromatic rings. The van der Waals surface area contributed by atoms with Gasteiger partial charge in [-0.1, -0.05) is 11.6 Å². The van der Waals surface area contributed by atoms with Crippen molar-refractivity contribution in [3.05, 3.63) is 38.5 Å². The van der Waals surface area contributed by atoms with Gasteiger partial charge in [0, 0.05) is 11.0 Å². The molecule has 0 bridgehead atoms. The summed E-state index contributed by atoms with van der Waals surface area (Å²) in [6.45, 7) is -0.168. The third-order valence-electron chi connectivity index (χ3n) is 3.42. The van der Waals surface area contributed by atoms with Crippen LogP contribution in [0.15, 0.2) is 27.9 Å². The van der Waals surface area contributed by atoms with Crippen molar-refractivity contribution >= 4 is 45.1 Å². The maximum Gasteiger partial charge on any atom is 0.337 e. The number of amides is 1. The van der Waals surface area contributed by atoms with Gasteiger partial charge in [-0.15, -0.1) is 0 Å². The van der Waals surface area contributed by atoms with Crippen molar-refractivity contribution in [1.82, 2.24) is 4.90 Å². The molecule has 126 valence electrons. The highest BCUT2D eigenvalue weighted by Crippen LogP contribution is 2.34. The molecule has 1 aliphatic heterocycles. The quantitative estimate of drug-likeness (QED) is 0.710. The van der Waals surface area contributed by atoms with Crippen molar-refractivity contribution in [1.29, 1.82) is 5.26 Å². The molecule has 2 rings (SSSR count). The minimum Gasteiger partial charge on any atom is -0.466 e. The highest BCUT2D eigenvalue weighted by atomic mass is 79.9. The summed E-state index contributed by atoms with van der Waals surface area (Å²) < 4.78 is 5.20. The van der Waals surface area contributed by atoms with Crippen molar-refractivity contribution in [2.24, 2.45) is 0 Å². The Morgan fingerprint density at radius 3 is 2.88 bits per heavy atom. The maximum absolute atomic E-state index is 12.5. The van der Waals surface area contributed by atoms with Crippen LogP contribution >= 0.6 is 27.5 Å². The molecule has 0 saturated heterocycles. The lowest BCUT2D eigenvalue weighted by molar-refractivity contribution is -0.136. The number of carbonyl (C=O) groups is 2. The second kappa shape index (κ2) is 7.66. The van der Waals surface area contributed by atoms with Crippen LogP contribution in [0.4, 0.5) is 5.69 Å². The fourth-order valence-corrected chi connectivity index (χ4v) is 2.88. The summed E-state index contributed by atoms with van der Waals surface area (Å²) in [5.74, 6) is -1.15. The van der Waals surface area contributed by atoms with E-state index >= 15 is 0 Å². The first kappa shape index (κ1) is 18.3. The van der Waals surface area contributed by atoms with Crippen molar-refractivity contribution in [2.45, 2.75) is 0 Å². The number of esters is 1. The van der Waals surface area contributed by atoms with E-state index in [1.165, 1.54) is 12.0 Å². The molecule has 0 fully saturated rings. The van der Waals surface area contributed by atoms with Gasteiger partial charge in [-0.25, -0.2) is 4.79 Å². The summed E-state index contributed by atoms with van der Waals surface area (Å²) in [4.78, 5) is 25.7. The van der Waals surface area contributed by atoms with Gasteiger partial charge in [0.15, 0.2) is 0 Å². The van der Waals surface area contributed by atoms with Crippen molar-refractivity contribution in [3.63, 3.8) is 0 Å². The van der Waals surface area contributed by atoms with Crippen LogP contribution in [0.3, 0.4) is 0 Å². The van der Waals surface area contributed by atoms with E-state index in [4.69, 9.17) is 21.4 Å². The Balaban J connectivity index is 2.49. The van der Waals surface area contributed by atoms with Gasteiger partial charge in [-0.05, 0) is 28.1 Å². The predicted octanol–water partition coefficient (Wildman–Crippen LogP) is 1.65. The lowest BCUT2D eigenvalue weighted by Gasteiger charge is -2.16. The smallest absolute Gasteiger partial charge is 0.337 e. The number of aliphatic hydroxyl groups excluding tert-OH is 1. The summed E-state index contributed by atoms with van der Waals surface area (Å²) in [7, 11) is 1.21. The Morgan fingerprint density at radius 2 is 2.29 bits per heavy atom. The first-order valence-corrected chi connectivity index (χ1v) is 7.98. The average Bonchev–Trinajstić information content (AvgIpc) is 2.87. The van der Waals surface area contributed by atoms with Gasteiger partial charge in [0.05, 0.1) is 42.1 Å². The molecule has 0 spiro atoms. The Kier molecular flexibility index (Phi) is 5.83. The number of rotatable bonds is 5. The molecule has 1 heterocycles. The molecule has 0 atom stereocenters. The third kappa shape index (κ3) is 3.38. The highest BCUT2D eigenvalue weighted by Gasteiger charge is 2.35. The molecule has 1 aromatic carbocycles. The lowest BCUT2D eigenvalue weighted by atomic mass is 10.1. The number of β-amino-alcohol motifs (C(OH)–C–C–N with tert-alkyl or cyclic N) is 1. The van der Waals surface area contributed by atoms with E-state index < -0.39 is 11.9 Å². The largest absolute Gasteiger partial charge is 0.466 e. The van der Waals surface area contributed by atoms with Crippen LogP contribution < -0.4 is 5.32 Å². The van der Waals surface area contributed by atoms with E-state index in [-0.39, 0.29) is 47.2 Å². The Bertz CT molecular complexity index is 773. The number of nitrogens with zero attached hydrogens (tertiary/aromatic N) is 2. The number of methoxy groups -OCH3 is 1. The van der Waals surface area contributed by atoms with Gasteiger partial charge in [-0.3, -0.25) is 4.79 Å². The second-order valence-corrected chi connectivity index (χ2v) is 6.07. The Labute approximate surface area is 151 Å². The summed E-state index contributed by atoms with van der Waals surface area (Å²) in [6.07, 6.45) is 0. The molecular formula is C15H13BrClN3O4. The monoisotopic (exact) mass is 413 g/mol. The SMILES string of the molecule is COC(=O)C1=C(Nc2c(Cl)ccc(Br)c2C#N)C(=O)N(CCO)C1. The van der Waals surface area contributed by atoms with Crippen LogP contribution in [0.1, 0.15) is 5.56 Å². The van der Waals surface area contributed by atoms with E-state index in [1.807, 2.05) is 6.07 Å². The minimum atomic E-state index is -0.670. The highest BCUT2D eigenvalue weighted by molar-refractivity contribution is 9.10. The number of hydrogen-bond donors (Lipinski definition) is 2. The summed E-state index contributed by atoms with van der Waals surface area (Å²) in [6, 6.07) is 5.15. The minimum absolute atomic E-state index is 0.00189. The van der Waals surface area contributed by atoms with Crippen molar-refractivity contribution in [2.75, 3.05) is 32.1 Å². The maximum atomic E-state index is 12.5. The molecule has 0 saturated carbocycles. The van der Waals surface area contributed by atoms with E-state index in [1.54, 1.807) is 12.1 Å². The molecule has 0 unspecified atom stereocenters. The molecule has 0 aliphatic carbocycles. The number of nitriles is 1. The summed E-state index contributed by atoms with van der Waals surface area (Å²) in [5, 5.41) is 21.4. The first-order valence-electron chi connectivity index (χ1n) is 6.81. The van der Waals surface area contributed by atoms with Crippen LogP contribution in [0, 0.1) is 11.3 Å². The van der Waals surface area contributed by atoms with E-state index in [2.05, 4.69) is 21.2 Å². The predicted molar refractivity (Wildman–Crippen MR) is 90.2 cm³/mol. The molecule has 0 aromatic heterocycles. The van der Waals surface area contributed by atoms with Gasteiger partial charge in [0.2, 0.25) is 0 Å². The molecule has 1 amide bonds. The zero-order valence-electron chi connectivity index (χ0n) is 12.6. The van der Waals surface area contributed by atoms with Crippen LogP contribution in [0.5, 0.6) is 0 Å². The molecular weight excluding hydrogens is 402 g/mol. The number of benzene rings is 1. The fraction of sp³-hybridized carbons (Fsp3) is 0.267. The molecule has 24 heavy (non-hydrogen) atoms. The van der Waals surface area contributed by atoms with Crippen molar-refractivity contribution < 1.29 is 19.4 Å². The van der Waals surface area contributed by atoms with E-state index in [0.717, 1.165) is 0 Å². The normalized spacial score (nSPS) is 14.0. The molecule has 2 N–H and O–H groups in total. The fourth-order valence-electron chi connectivity index (χ4n) is 2.26. The van der Waals surface area contributed by atoms with Crippen molar-refractivity contribution in [3.8, 4) is 6.07 Å². The number of ether oxygens (including phenoxy) is 1. The van der Waals surface area contributed by atoms with E-state index in [0.29, 0.717) is 4.47 Å². The number of anilines is 1. The zero-order chi connectivity index (χ0) is 17.9. The Hall–Kier alpha value is -2.08. The Morgan fingerprint density at radius 1 is 1.58 bits per heavy atom. The standard InChI is InChI=1S/C15H13BrClN3O4/c1-24-15(23)9-7-20(4-5-21)14(22)13(9)19-12-8(6-18)10(16)2-3-11(12)17/h2-3,19,21H,4-5,7H2,1H3. The third-order valence-corrected chi connectivity index (χ3v) is 4.39. The van der Waals surface area contributed by atoms with Crippen LogP contribution in [0.25, 0.3) is 0 Å². The van der Waals surface area contributed by atoms with E-state index in [9.17, 15) is 14.9 Å². The lowest BCUT2D eigenvalue weighted by Crippen LogP contribution is -2.31. The van der Waals surface area contributed by atoms with Crippen LogP contribution in [0.2, 0.25) is 5.02 Å². The molecule has 9 heteroatoms. The van der Waals surface area contributed by atoms with Gasteiger partial charge in [0.1, 0.15) is 11.8 Å². The van der Waals surface area contributed by atoms with Crippen LogP contribution in [-0.2, 0) is 14.3 Å². The van der Waals surface area contributed by atoms with Gasteiger partial charge >= 0.3 is 5.97 Å². The van der Waals surface area contributed by atoms with Gasteiger partial charge in [-0.2, -0.15) is 5.26 Å². The summed E-state index contributed by atoms with van der Waals surface area (Å²) >= 11 is 9.37. The molecule has 0 radical (unpaired) electrons. The number of carbonyl (C=O) groups excluding carboxylic acids is 2. The van der Waals surface area contributed by atoms with Crippen LogP contribution in [-0.4, -0.2) is 48.7 Å². The topological polar surface area (TPSA) is 103 Å². The number of nitrogens with one attached hydrogen (secondary N) is 1. The number of aliphatic hydroxyl groups is 1. The molecule has 7 nitrogen and oxygen atoms in total. The first-order chi connectivity index (χ1) is 11.4. The van der Waals surface area contributed by atoms with Gasteiger partial charge < -0.3 is 20.1 Å².